The Morgan fingerprint density at radius 1 is 1.18 bits per heavy atom. The minimum atomic E-state index is -3.38. The maximum atomic E-state index is 13.1. The highest BCUT2D eigenvalue weighted by molar-refractivity contribution is 7.86. The average molecular weight is 330 g/mol. The summed E-state index contributed by atoms with van der Waals surface area (Å²) in [5, 5.41) is 9.87. The van der Waals surface area contributed by atoms with Gasteiger partial charge in [-0.15, -0.1) is 0 Å². The molecule has 2 bridgehead atoms. The lowest BCUT2D eigenvalue weighted by molar-refractivity contribution is 0.0835. The molecule has 128 valence electrons. The molecule has 22 heavy (non-hydrogen) atoms. The number of fused-ring (bicyclic) bond motifs is 2. The van der Waals surface area contributed by atoms with E-state index in [9.17, 15) is 13.5 Å². The van der Waals surface area contributed by atoms with Gasteiger partial charge >= 0.3 is 0 Å². The van der Waals surface area contributed by atoms with Crippen LogP contribution in [0.15, 0.2) is 0 Å². The lowest BCUT2D eigenvalue weighted by atomic mass is 9.72. The Kier molecular flexibility index (Phi) is 4.12. The molecule has 0 aliphatic carbocycles. The summed E-state index contributed by atoms with van der Waals surface area (Å²) in [6.07, 6.45) is 5.37. The van der Waals surface area contributed by atoms with Gasteiger partial charge in [0.2, 0.25) is 0 Å². The second-order valence-electron chi connectivity index (χ2n) is 8.23. The van der Waals surface area contributed by atoms with Crippen molar-refractivity contribution in [2.24, 2.45) is 10.8 Å². The fraction of sp³-hybridized carbons (Fsp3) is 1.00. The predicted molar refractivity (Wildman–Crippen MR) is 86.6 cm³/mol. The van der Waals surface area contributed by atoms with Crippen molar-refractivity contribution >= 4 is 10.2 Å². The highest BCUT2D eigenvalue weighted by Gasteiger charge is 2.59. The van der Waals surface area contributed by atoms with Crippen molar-refractivity contribution in [1.29, 1.82) is 0 Å². The van der Waals surface area contributed by atoms with Gasteiger partial charge in [0, 0.05) is 30.6 Å². The third-order valence-electron chi connectivity index (χ3n) is 6.48. The zero-order valence-corrected chi connectivity index (χ0v) is 14.9. The van der Waals surface area contributed by atoms with Crippen LogP contribution in [0.5, 0.6) is 0 Å². The SMILES string of the molecule is CC[C@@]1(CO)C[C@@H]2CC[C@H]1N2S(=O)(=O)N1CCC(C)(C)CC1. The van der Waals surface area contributed by atoms with E-state index in [4.69, 9.17) is 0 Å². The van der Waals surface area contributed by atoms with Crippen molar-refractivity contribution in [3.05, 3.63) is 0 Å². The van der Waals surface area contributed by atoms with Crippen LogP contribution in [0.2, 0.25) is 0 Å². The Labute approximate surface area is 134 Å². The van der Waals surface area contributed by atoms with E-state index in [1.807, 2.05) is 0 Å². The third-order valence-corrected chi connectivity index (χ3v) is 8.58. The van der Waals surface area contributed by atoms with Gasteiger partial charge in [-0.1, -0.05) is 20.8 Å². The molecule has 5 nitrogen and oxygen atoms in total. The smallest absolute Gasteiger partial charge is 0.282 e. The number of rotatable bonds is 4. The fourth-order valence-corrected chi connectivity index (χ4v) is 6.82. The van der Waals surface area contributed by atoms with E-state index in [1.54, 1.807) is 8.61 Å². The van der Waals surface area contributed by atoms with E-state index in [0.717, 1.165) is 38.5 Å². The summed E-state index contributed by atoms with van der Waals surface area (Å²) in [4.78, 5) is 0. The number of hydrogen-bond acceptors (Lipinski definition) is 3. The Bertz CT molecular complexity index is 518. The lowest BCUT2D eigenvalue weighted by Gasteiger charge is -2.40. The van der Waals surface area contributed by atoms with Crippen molar-refractivity contribution < 1.29 is 13.5 Å². The van der Waals surface area contributed by atoms with Crippen molar-refractivity contribution in [1.82, 2.24) is 8.61 Å². The molecule has 3 heterocycles. The molecule has 3 atom stereocenters. The Morgan fingerprint density at radius 2 is 1.82 bits per heavy atom. The average Bonchev–Trinajstić information content (AvgIpc) is 3.03. The minimum Gasteiger partial charge on any atom is -0.396 e. The van der Waals surface area contributed by atoms with Gasteiger partial charge < -0.3 is 5.11 Å². The Morgan fingerprint density at radius 3 is 2.32 bits per heavy atom. The van der Waals surface area contributed by atoms with Gasteiger partial charge in [-0.3, -0.25) is 0 Å². The van der Waals surface area contributed by atoms with Crippen LogP contribution >= 0.6 is 0 Å². The first-order valence-electron chi connectivity index (χ1n) is 8.65. The zero-order valence-electron chi connectivity index (χ0n) is 14.1. The molecule has 1 N–H and O–H groups in total. The standard InChI is InChI=1S/C16H30N2O3S/c1-4-16(12-19)11-13-5-6-14(16)18(13)22(20,21)17-9-7-15(2,3)8-10-17/h13-14,19H,4-12H2,1-3H3/t13-,14+,16-/m0/s1. The van der Waals surface area contributed by atoms with Crippen molar-refractivity contribution in [2.45, 2.75) is 71.4 Å². The van der Waals surface area contributed by atoms with Crippen LogP contribution in [0.25, 0.3) is 0 Å². The van der Waals surface area contributed by atoms with Crippen molar-refractivity contribution in [2.75, 3.05) is 19.7 Å². The quantitative estimate of drug-likeness (QED) is 0.857. The van der Waals surface area contributed by atoms with Gasteiger partial charge in [-0.05, 0) is 43.9 Å². The molecule has 0 saturated carbocycles. The summed E-state index contributed by atoms with van der Waals surface area (Å²) in [6.45, 7) is 7.86. The highest BCUT2D eigenvalue weighted by atomic mass is 32.2. The van der Waals surface area contributed by atoms with Crippen LogP contribution in [0.1, 0.15) is 59.3 Å². The molecular formula is C16H30N2O3S. The molecule has 3 fully saturated rings. The summed E-state index contributed by atoms with van der Waals surface area (Å²) in [5.41, 5.74) is 0.0271. The number of aliphatic hydroxyl groups excluding tert-OH is 1. The van der Waals surface area contributed by atoms with Gasteiger partial charge in [-0.25, -0.2) is 0 Å². The molecule has 3 saturated heterocycles. The summed E-state index contributed by atoms with van der Waals surface area (Å²) >= 11 is 0. The molecule has 0 aromatic heterocycles. The molecule has 6 heteroatoms. The van der Waals surface area contributed by atoms with E-state index >= 15 is 0 Å². The predicted octanol–water partition coefficient (Wildman–Crippen LogP) is 1.98. The number of aliphatic hydroxyl groups is 1. The van der Waals surface area contributed by atoms with E-state index in [1.165, 1.54) is 0 Å². The van der Waals surface area contributed by atoms with Crippen LogP contribution in [0.4, 0.5) is 0 Å². The lowest BCUT2D eigenvalue weighted by Crippen LogP contribution is -2.51. The minimum absolute atomic E-state index is 0.00700. The summed E-state index contributed by atoms with van der Waals surface area (Å²) in [6, 6.07) is 0.0875. The highest BCUT2D eigenvalue weighted by Crippen LogP contribution is 2.53. The summed E-state index contributed by atoms with van der Waals surface area (Å²) < 4.78 is 29.8. The third kappa shape index (κ3) is 2.43. The topological polar surface area (TPSA) is 60.9 Å². The first-order chi connectivity index (χ1) is 10.3. The normalized spacial score (nSPS) is 39.5. The fourth-order valence-electron chi connectivity index (χ4n) is 4.70. The molecule has 3 aliphatic rings. The van der Waals surface area contributed by atoms with Crippen molar-refractivity contribution in [3.8, 4) is 0 Å². The van der Waals surface area contributed by atoms with Gasteiger partial charge in [0.25, 0.3) is 10.2 Å². The van der Waals surface area contributed by atoms with Crippen LogP contribution in [-0.4, -0.2) is 53.9 Å². The first-order valence-corrected chi connectivity index (χ1v) is 10.0. The molecule has 3 rings (SSSR count). The largest absolute Gasteiger partial charge is 0.396 e. The van der Waals surface area contributed by atoms with E-state index in [2.05, 4.69) is 20.8 Å². The summed E-state index contributed by atoms with van der Waals surface area (Å²) in [5.74, 6) is 0. The van der Waals surface area contributed by atoms with Gasteiger partial charge in [0.15, 0.2) is 0 Å². The Hall–Kier alpha value is -0.170. The van der Waals surface area contributed by atoms with Gasteiger partial charge in [0.05, 0.1) is 6.61 Å². The van der Waals surface area contributed by atoms with E-state index < -0.39 is 10.2 Å². The zero-order chi connectivity index (χ0) is 16.2. The monoisotopic (exact) mass is 330 g/mol. The van der Waals surface area contributed by atoms with Gasteiger partial charge in [0.1, 0.15) is 0 Å². The number of nitrogens with zero attached hydrogens (tertiary/aromatic N) is 2. The molecule has 0 spiro atoms. The maximum absolute atomic E-state index is 13.1. The van der Waals surface area contributed by atoms with Crippen LogP contribution < -0.4 is 0 Å². The molecular weight excluding hydrogens is 300 g/mol. The van der Waals surface area contributed by atoms with E-state index in [0.29, 0.717) is 13.1 Å². The molecule has 0 unspecified atom stereocenters. The maximum Gasteiger partial charge on any atom is 0.282 e. The first kappa shape index (κ1) is 16.7. The molecule has 0 aromatic carbocycles. The number of piperidine rings is 1. The van der Waals surface area contributed by atoms with Crippen LogP contribution in [-0.2, 0) is 10.2 Å². The second-order valence-corrected chi connectivity index (χ2v) is 10.1. The molecule has 3 aliphatic heterocycles. The number of hydrogen-bond donors (Lipinski definition) is 1. The Balaban J connectivity index is 1.82. The molecule has 0 radical (unpaired) electrons. The van der Waals surface area contributed by atoms with Gasteiger partial charge in [-0.2, -0.15) is 17.0 Å². The summed E-state index contributed by atoms with van der Waals surface area (Å²) in [7, 11) is -3.38. The molecule has 0 aromatic rings. The van der Waals surface area contributed by atoms with Crippen LogP contribution in [0, 0.1) is 10.8 Å². The van der Waals surface area contributed by atoms with Crippen molar-refractivity contribution in [3.63, 3.8) is 0 Å². The van der Waals surface area contributed by atoms with E-state index in [-0.39, 0.29) is 29.5 Å². The molecule has 0 amide bonds. The van der Waals surface area contributed by atoms with Crippen LogP contribution in [0.3, 0.4) is 0 Å². The second kappa shape index (κ2) is 5.43.